The van der Waals surface area contributed by atoms with Crippen LogP contribution in [-0.2, 0) is 0 Å². The van der Waals surface area contributed by atoms with E-state index in [-0.39, 0.29) is 6.04 Å². The fraction of sp³-hybridized carbons (Fsp3) is 0.667. The number of nitrogens with two attached hydrogens (primary N) is 1. The minimum absolute atomic E-state index is 0.177. The summed E-state index contributed by atoms with van der Waals surface area (Å²) in [5, 5.41) is 0. The van der Waals surface area contributed by atoms with Crippen LogP contribution in [0.5, 0.6) is 0 Å². The van der Waals surface area contributed by atoms with Crippen molar-refractivity contribution in [3.8, 4) is 0 Å². The Labute approximate surface area is 123 Å². The number of anilines is 1. The van der Waals surface area contributed by atoms with E-state index in [1.54, 1.807) is 0 Å². The van der Waals surface area contributed by atoms with Gasteiger partial charge in [-0.1, -0.05) is 38.0 Å². The summed E-state index contributed by atoms with van der Waals surface area (Å²) in [6.07, 6.45) is 9.47. The maximum Gasteiger partial charge on any atom is 0.0417 e. The van der Waals surface area contributed by atoms with Crippen LogP contribution in [0.4, 0.5) is 5.69 Å². The van der Waals surface area contributed by atoms with Crippen LogP contribution >= 0.6 is 0 Å². The molecule has 1 saturated heterocycles. The molecule has 1 saturated carbocycles. The van der Waals surface area contributed by atoms with Crippen LogP contribution < -0.4 is 10.6 Å². The summed E-state index contributed by atoms with van der Waals surface area (Å²) in [5.41, 5.74) is 9.10. The second-order valence-corrected chi connectivity index (χ2v) is 6.52. The minimum atomic E-state index is 0.177. The van der Waals surface area contributed by atoms with Crippen molar-refractivity contribution in [1.29, 1.82) is 0 Å². The molecule has 2 unspecified atom stereocenters. The van der Waals surface area contributed by atoms with Gasteiger partial charge in [-0.25, -0.2) is 0 Å². The fourth-order valence-electron chi connectivity index (χ4n) is 4.21. The summed E-state index contributed by atoms with van der Waals surface area (Å²) in [7, 11) is 0. The van der Waals surface area contributed by atoms with Crippen LogP contribution in [0.1, 0.15) is 63.5 Å². The lowest BCUT2D eigenvalue weighted by Crippen LogP contribution is -2.35. The average Bonchev–Trinajstić information content (AvgIpc) is 3.16. The molecule has 2 N–H and O–H groups in total. The van der Waals surface area contributed by atoms with Gasteiger partial charge in [0, 0.05) is 24.3 Å². The fourth-order valence-corrected chi connectivity index (χ4v) is 4.21. The Bertz CT molecular complexity index is 437. The van der Waals surface area contributed by atoms with E-state index in [1.807, 2.05) is 0 Å². The molecular weight excluding hydrogens is 244 g/mol. The number of para-hydroxylation sites is 1. The van der Waals surface area contributed by atoms with Crippen molar-refractivity contribution >= 4 is 5.69 Å². The molecule has 2 atom stereocenters. The van der Waals surface area contributed by atoms with Crippen LogP contribution in [0, 0.1) is 5.92 Å². The van der Waals surface area contributed by atoms with Gasteiger partial charge in [0.15, 0.2) is 0 Å². The maximum atomic E-state index is 6.33. The van der Waals surface area contributed by atoms with Crippen LogP contribution in [0.15, 0.2) is 24.3 Å². The van der Waals surface area contributed by atoms with Crippen molar-refractivity contribution in [2.45, 2.75) is 64.0 Å². The third-order valence-corrected chi connectivity index (χ3v) is 5.33. The minimum Gasteiger partial charge on any atom is -0.368 e. The third kappa shape index (κ3) is 2.58. The molecule has 2 nitrogen and oxygen atoms in total. The summed E-state index contributed by atoms with van der Waals surface area (Å²) >= 11 is 0. The Balaban J connectivity index is 1.87. The first-order valence-electron chi connectivity index (χ1n) is 8.42. The lowest BCUT2D eigenvalue weighted by Gasteiger charge is -2.33. The molecule has 1 aliphatic heterocycles. The normalized spacial score (nSPS) is 25.3. The number of nitrogens with zero attached hydrogens (tertiary/aromatic N) is 1. The number of hydrogen-bond donors (Lipinski definition) is 1. The van der Waals surface area contributed by atoms with Gasteiger partial charge in [0.2, 0.25) is 0 Å². The third-order valence-electron chi connectivity index (χ3n) is 5.33. The Morgan fingerprint density at radius 3 is 2.65 bits per heavy atom. The molecule has 0 spiro atoms. The van der Waals surface area contributed by atoms with Crippen molar-refractivity contribution in [2.75, 3.05) is 11.4 Å². The molecule has 1 heterocycles. The monoisotopic (exact) mass is 272 g/mol. The topological polar surface area (TPSA) is 29.3 Å². The molecule has 0 bridgehead atoms. The summed E-state index contributed by atoms with van der Waals surface area (Å²) in [4.78, 5) is 2.68. The van der Waals surface area contributed by atoms with Gasteiger partial charge in [0.1, 0.15) is 0 Å². The first kappa shape index (κ1) is 13.9. The van der Waals surface area contributed by atoms with Gasteiger partial charge in [-0.15, -0.1) is 0 Å². The summed E-state index contributed by atoms with van der Waals surface area (Å²) in [5.74, 6) is 0.920. The van der Waals surface area contributed by atoms with Crippen LogP contribution in [0.25, 0.3) is 0 Å². The number of benzene rings is 1. The van der Waals surface area contributed by atoms with Gasteiger partial charge in [-0.05, 0) is 49.7 Å². The smallest absolute Gasteiger partial charge is 0.0417 e. The molecule has 0 aromatic heterocycles. The number of hydrogen-bond acceptors (Lipinski definition) is 2. The quantitative estimate of drug-likeness (QED) is 0.887. The van der Waals surface area contributed by atoms with Crippen molar-refractivity contribution in [3.05, 3.63) is 29.8 Å². The largest absolute Gasteiger partial charge is 0.368 e. The molecule has 20 heavy (non-hydrogen) atoms. The van der Waals surface area contributed by atoms with Gasteiger partial charge in [-0.3, -0.25) is 0 Å². The highest BCUT2D eigenvalue weighted by Crippen LogP contribution is 2.39. The average molecular weight is 272 g/mol. The van der Waals surface area contributed by atoms with Gasteiger partial charge in [-0.2, -0.15) is 0 Å². The molecule has 1 aromatic rings. The van der Waals surface area contributed by atoms with Crippen LogP contribution in [0.3, 0.4) is 0 Å². The Morgan fingerprint density at radius 2 is 1.90 bits per heavy atom. The van der Waals surface area contributed by atoms with E-state index < -0.39 is 0 Å². The summed E-state index contributed by atoms with van der Waals surface area (Å²) in [6, 6.07) is 9.77. The van der Waals surface area contributed by atoms with E-state index in [2.05, 4.69) is 36.1 Å². The lowest BCUT2D eigenvalue weighted by atomic mass is 9.94. The molecule has 1 aromatic carbocycles. The molecule has 2 fully saturated rings. The maximum absolute atomic E-state index is 6.33. The molecule has 110 valence electrons. The van der Waals surface area contributed by atoms with E-state index in [0.29, 0.717) is 0 Å². The lowest BCUT2D eigenvalue weighted by molar-refractivity contribution is 0.430. The van der Waals surface area contributed by atoms with Crippen molar-refractivity contribution in [2.24, 2.45) is 11.7 Å². The van der Waals surface area contributed by atoms with E-state index in [9.17, 15) is 0 Å². The van der Waals surface area contributed by atoms with Crippen LogP contribution in [-0.4, -0.2) is 12.6 Å². The standard InChI is InChI=1S/C18H28N2/c1-2-16(19)15-10-5-6-11-18(15)20-13-7-12-17(20)14-8-3-4-9-14/h5-6,10-11,14,16-17H,2-4,7-9,12-13,19H2,1H3. The van der Waals surface area contributed by atoms with E-state index in [0.717, 1.165) is 18.4 Å². The molecule has 3 rings (SSSR count). The second kappa shape index (κ2) is 6.17. The molecular formula is C18H28N2. The van der Waals surface area contributed by atoms with Crippen molar-refractivity contribution < 1.29 is 0 Å². The van der Waals surface area contributed by atoms with Crippen LogP contribution in [0.2, 0.25) is 0 Å². The summed E-state index contributed by atoms with van der Waals surface area (Å²) < 4.78 is 0. The SMILES string of the molecule is CCC(N)c1ccccc1N1CCCC1C1CCCC1. The zero-order valence-electron chi connectivity index (χ0n) is 12.7. The number of rotatable bonds is 4. The molecule has 2 heteroatoms. The van der Waals surface area contributed by atoms with E-state index in [1.165, 1.54) is 56.3 Å². The first-order chi connectivity index (χ1) is 9.81. The van der Waals surface area contributed by atoms with E-state index in [4.69, 9.17) is 5.73 Å². The highest BCUT2D eigenvalue weighted by atomic mass is 15.2. The van der Waals surface area contributed by atoms with E-state index >= 15 is 0 Å². The Morgan fingerprint density at radius 1 is 1.15 bits per heavy atom. The van der Waals surface area contributed by atoms with Crippen molar-refractivity contribution in [1.82, 2.24) is 0 Å². The van der Waals surface area contributed by atoms with Crippen molar-refractivity contribution in [3.63, 3.8) is 0 Å². The van der Waals surface area contributed by atoms with Gasteiger partial charge >= 0.3 is 0 Å². The second-order valence-electron chi connectivity index (χ2n) is 6.52. The Kier molecular flexibility index (Phi) is 4.30. The van der Waals surface area contributed by atoms with Gasteiger partial charge < -0.3 is 10.6 Å². The highest BCUT2D eigenvalue weighted by molar-refractivity contribution is 5.56. The molecule has 0 radical (unpaired) electrons. The summed E-state index contributed by atoms with van der Waals surface area (Å²) in [6.45, 7) is 3.40. The zero-order chi connectivity index (χ0) is 13.9. The van der Waals surface area contributed by atoms with Gasteiger partial charge in [0.25, 0.3) is 0 Å². The molecule has 0 amide bonds. The Hall–Kier alpha value is -1.02. The predicted molar refractivity (Wildman–Crippen MR) is 86.0 cm³/mol. The van der Waals surface area contributed by atoms with Gasteiger partial charge in [0.05, 0.1) is 0 Å². The first-order valence-corrected chi connectivity index (χ1v) is 8.42. The molecule has 1 aliphatic carbocycles. The molecule has 2 aliphatic rings. The predicted octanol–water partition coefficient (Wildman–Crippen LogP) is 4.26. The highest BCUT2D eigenvalue weighted by Gasteiger charge is 2.34. The zero-order valence-corrected chi connectivity index (χ0v) is 12.7.